The van der Waals surface area contributed by atoms with Crippen LogP contribution in [0, 0.1) is 11.8 Å². The van der Waals surface area contributed by atoms with E-state index >= 15 is 0 Å². The first kappa shape index (κ1) is 24.1. The lowest BCUT2D eigenvalue weighted by Gasteiger charge is -2.37. The van der Waals surface area contributed by atoms with Crippen LogP contribution in [-0.2, 0) is 11.3 Å². The monoisotopic (exact) mass is 494 g/mol. The molecular weight excluding hydrogens is 460 g/mol. The smallest absolute Gasteiger partial charge is 0.263 e. The van der Waals surface area contributed by atoms with Gasteiger partial charge in [0.2, 0.25) is 11.7 Å². The molecular formula is C26H34N6O2S. The van der Waals surface area contributed by atoms with E-state index in [1.165, 1.54) is 44.1 Å². The molecule has 186 valence electrons. The summed E-state index contributed by atoms with van der Waals surface area (Å²) in [6.07, 6.45) is 6.52. The largest absolute Gasteiger partial charge is 0.342 e. The maximum Gasteiger partial charge on any atom is 0.263 e. The minimum atomic E-state index is -0.115. The number of carbonyl (C=O) groups is 1. The molecule has 4 heterocycles. The van der Waals surface area contributed by atoms with Crippen molar-refractivity contribution in [3.8, 4) is 0 Å². The fourth-order valence-electron chi connectivity index (χ4n) is 5.39. The Morgan fingerprint density at radius 3 is 2.77 bits per heavy atom. The summed E-state index contributed by atoms with van der Waals surface area (Å²) in [5.74, 6) is 2.32. The fourth-order valence-corrected chi connectivity index (χ4v) is 6.23. The molecule has 1 aromatic carbocycles. The van der Waals surface area contributed by atoms with Crippen molar-refractivity contribution in [3.05, 3.63) is 47.3 Å². The highest BCUT2D eigenvalue weighted by Gasteiger charge is 2.27. The Morgan fingerprint density at radius 2 is 1.97 bits per heavy atom. The number of likely N-dealkylation sites (tertiary alicyclic amines) is 2. The number of benzene rings is 1. The Bertz CT molecular complexity index is 1280. The van der Waals surface area contributed by atoms with Crippen molar-refractivity contribution in [2.24, 2.45) is 11.8 Å². The molecule has 2 aliphatic heterocycles. The molecule has 1 atom stereocenters. The standard InChI is InChI=1S/C26H34N6O2S/c1-3-12-31-24(34)21-8-4-5-9-22(21)32-25(31)27-28-26(32)35-18-23(33)30-13-6-7-20(17-30)16-29-14-10-19(2)11-15-29/h3-5,8-9,19-20H,1,6-7,10-18H2,2H3. The van der Waals surface area contributed by atoms with E-state index in [2.05, 4.69) is 28.6 Å². The molecule has 0 aliphatic carbocycles. The third-order valence-corrected chi connectivity index (χ3v) is 8.29. The lowest BCUT2D eigenvalue weighted by Crippen LogP contribution is -2.45. The maximum atomic E-state index is 13.2. The molecule has 3 aromatic rings. The molecule has 1 unspecified atom stereocenters. The van der Waals surface area contributed by atoms with E-state index in [0.29, 0.717) is 34.5 Å². The van der Waals surface area contributed by atoms with Gasteiger partial charge in [-0.15, -0.1) is 16.8 Å². The van der Waals surface area contributed by atoms with Gasteiger partial charge in [0, 0.05) is 26.2 Å². The normalized spacial score (nSPS) is 20.0. The Hall–Kier alpha value is -2.65. The molecule has 5 rings (SSSR count). The highest BCUT2D eigenvalue weighted by atomic mass is 32.2. The molecule has 2 saturated heterocycles. The molecule has 0 bridgehead atoms. The number of carbonyl (C=O) groups excluding carboxylic acids is 1. The third kappa shape index (κ3) is 5.02. The van der Waals surface area contributed by atoms with Crippen molar-refractivity contribution in [1.29, 1.82) is 0 Å². The number of nitrogens with zero attached hydrogens (tertiary/aromatic N) is 6. The molecule has 2 aromatic heterocycles. The summed E-state index contributed by atoms with van der Waals surface area (Å²) >= 11 is 1.39. The molecule has 9 heteroatoms. The van der Waals surface area contributed by atoms with Gasteiger partial charge in [-0.25, -0.2) is 0 Å². The van der Waals surface area contributed by atoms with Gasteiger partial charge in [-0.3, -0.25) is 18.6 Å². The number of fused-ring (bicyclic) bond motifs is 3. The topological polar surface area (TPSA) is 75.7 Å². The van der Waals surface area contributed by atoms with Gasteiger partial charge in [0.05, 0.1) is 16.7 Å². The SMILES string of the molecule is C=CCn1c(=O)c2ccccc2n2c(SCC(=O)N3CCCC(CN4CCC(C)CC4)C3)nnc12. The van der Waals surface area contributed by atoms with E-state index in [0.717, 1.165) is 37.5 Å². The lowest BCUT2D eigenvalue weighted by molar-refractivity contribution is -0.130. The van der Waals surface area contributed by atoms with Crippen LogP contribution in [0.2, 0.25) is 0 Å². The number of para-hydroxylation sites is 1. The van der Waals surface area contributed by atoms with Crippen molar-refractivity contribution >= 4 is 34.3 Å². The quantitative estimate of drug-likeness (QED) is 0.371. The average Bonchev–Trinajstić information content (AvgIpc) is 3.30. The first-order valence-electron chi connectivity index (χ1n) is 12.7. The van der Waals surface area contributed by atoms with E-state index in [1.807, 2.05) is 33.6 Å². The number of amides is 1. The summed E-state index contributed by atoms with van der Waals surface area (Å²) in [5.41, 5.74) is 0.636. The fraction of sp³-hybridized carbons (Fsp3) is 0.538. The molecule has 2 aliphatic rings. The van der Waals surface area contributed by atoms with E-state index in [4.69, 9.17) is 0 Å². The number of piperidine rings is 2. The second kappa shape index (κ2) is 10.5. The van der Waals surface area contributed by atoms with E-state index < -0.39 is 0 Å². The molecule has 0 spiro atoms. The van der Waals surface area contributed by atoms with E-state index in [9.17, 15) is 9.59 Å². The predicted molar refractivity (Wildman–Crippen MR) is 140 cm³/mol. The van der Waals surface area contributed by atoms with Gasteiger partial charge in [0.25, 0.3) is 5.56 Å². The second-order valence-electron chi connectivity index (χ2n) is 9.96. The Labute approximate surface area is 210 Å². The summed E-state index contributed by atoms with van der Waals surface area (Å²) in [6.45, 7) is 11.6. The number of thioether (sulfide) groups is 1. The van der Waals surface area contributed by atoms with Crippen LogP contribution in [0.4, 0.5) is 0 Å². The van der Waals surface area contributed by atoms with Gasteiger partial charge < -0.3 is 9.80 Å². The van der Waals surface area contributed by atoms with Crippen molar-refractivity contribution in [2.45, 2.75) is 44.3 Å². The third-order valence-electron chi connectivity index (χ3n) is 7.38. The first-order valence-corrected chi connectivity index (χ1v) is 13.6. The molecule has 0 radical (unpaired) electrons. The van der Waals surface area contributed by atoms with Crippen LogP contribution in [0.3, 0.4) is 0 Å². The van der Waals surface area contributed by atoms with Gasteiger partial charge in [-0.05, 0) is 62.7 Å². The zero-order valence-corrected chi connectivity index (χ0v) is 21.3. The van der Waals surface area contributed by atoms with Crippen LogP contribution < -0.4 is 5.56 Å². The molecule has 0 N–H and O–H groups in total. The van der Waals surface area contributed by atoms with Crippen LogP contribution in [0.1, 0.15) is 32.6 Å². The van der Waals surface area contributed by atoms with E-state index in [1.54, 1.807) is 10.6 Å². The summed E-state index contributed by atoms with van der Waals surface area (Å²) in [5, 5.41) is 9.87. The average molecular weight is 495 g/mol. The number of aromatic nitrogens is 4. The Morgan fingerprint density at radius 1 is 1.17 bits per heavy atom. The number of allylic oxidation sites excluding steroid dienone is 1. The molecule has 0 saturated carbocycles. The van der Waals surface area contributed by atoms with Crippen molar-refractivity contribution in [3.63, 3.8) is 0 Å². The maximum absolute atomic E-state index is 13.2. The van der Waals surface area contributed by atoms with Crippen LogP contribution in [-0.4, -0.2) is 73.3 Å². The minimum Gasteiger partial charge on any atom is -0.342 e. The molecule has 8 nitrogen and oxygen atoms in total. The van der Waals surface area contributed by atoms with Crippen LogP contribution >= 0.6 is 11.8 Å². The van der Waals surface area contributed by atoms with E-state index in [-0.39, 0.29) is 11.5 Å². The summed E-state index contributed by atoms with van der Waals surface area (Å²) in [7, 11) is 0. The predicted octanol–water partition coefficient (Wildman–Crippen LogP) is 3.29. The number of hydrogen-bond acceptors (Lipinski definition) is 6. The van der Waals surface area contributed by atoms with Gasteiger partial charge in [0.15, 0.2) is 5.16 Å². The lowest BCUT2D eigenvalue weighted by atomic mass is 9.94. The summed E-state index contributed by atoms with van der Waals surface area (Å²) < 4.78 is 3.46. The van der Waals surface area contributed by atoms with Crippen LogP contribution in [0.25, 0.3) is 16.7 Å². The van der Waals surface area contributed by atoms with Crippen LogP contribution in [0.5, 0.6) is 0 Å². The minimum absolute atomic E-state index is 0.115. The van der Waals surface area contributed by atoms with Gasteiger partial charge in [-0.1, -0.05) is 36.9 Å². The summed E-state index contributed by atoms with van der Waals surface area (Å²) in [6, 6.07) is 7.46. The Kier molecular flexibility index (Phi) is 7.24. The highest BCUT2D eigenvalue weighted by Crippen LogP contribution is 2.25. The highest BCUT2D eigenvalue weighted by molar-refractivity contribution is 7.99. The van der Waals surface area contributed by atoms with Crippen LogP contribution in [0.15, 0.2) is 46.9 Å². The van der Waals surface area contributed by atoms with Gasteiger partial charge >= 0.3 is 0 Å². The first-order chi connectivity index (χ1) is 17.0. The van der Waals surface area contributed by atoms with Crippen molar-refractivity contribution in [1.82, 2.24) is 29.0 Å². The molecule has 35 heavy (non-hydrogen) atoms. The molecule has 2 fully saturated rings. The zero-order valence-electron chi connectivity index (χ0n) is 20.4. The summed E-state index contributed by atoms with van der Waals surface area (Å²) in [4.78, 5) is 30.7. The van der Waals surface area contributed by atoms with Crippen molar-refractivity contribution in [2.75, 3.05) is 38.5 Å². The zero-order chi connectivity index (χ0) is 24.4. The molecule has 1 amide bonds. The second-order valence-corrected chi connectivity index (χ2v) is 10.9. The number of rotatable bonds is 7. The van der Waals surface area contributed by atoms with Gasteiger partial charge in [-0.2, -0.15) is 0 Å². The number of hydrogen-bond donors (Lipinski definition) is 0. The van der Waals surface area contributed by atoms with Crippen molar-refractivity contribution < 1.29 is 4.79 Å². The van der Waals surface area contributed by atoms with Gasteiger partial charge in [0.1, 0.15) is 0 Å². The Balaban J connectivity index is 1.29.